The maximum atomic E-state index is 2.61. The van der Waals surface area contributed by atoms with Crippen LogP contribution in [-0.4, -0.2) is 26.5 Å². The number of rotatable bonds is 8. The van der Waals surface area contributed by atoms with Crippen LogP contribution in [0.2, 0.25) is 34.5 Å². The Bertz CT molecular complexity index is 2700. The fourth-order valence-corrected chi connectivity index (χ4v) is 15.2. The van der Waals surface area contributed by atoms with Gasteiger partial charge in [-0.05, 0) is 0 Å². The van der Waals surface area contributed by atoms with Gasteiger partial charge in [-0.15, -0.1) is 0 Å². The van der Waals surface area contributed by atoms with E-state index in [1.54, 1.807) is 0 Å². The van der Waals surface area contributed by atoms with Gasteiger partial charge < -0.3 is 0 Å². The molecule has 0 amide bonds. The van der Waals surface area contributed by atoms with Crippen LogP contribution in [0.5, 0.6) is 0 Å². The molecular weight excluding hydrogens is 846 g/mol. The zero-order chi connectivity index (χ0) is 41.2. The van der Waals surface area contributed by atoms with E-state index in [0.29, 0.717) is 0 Å². The van der Waals surface area contributed by atoms with Crippen LogP contribution in [0.1, 0.15) is 47.9 Å². The van der Waals surface area contributed by atoms with Crippen molar-refractivity contribution >= 4 is 102 Å². The summed E-state index contributed by atoms with van der Waals surface area (Å²) in [6.45, 7) is 0. The van der Waals surface area contributed by atoms with E-state index in [2.05, 4.69) is 190 Å². The minimum atomic E-state index is -2.03. The van der Waals surface area contributed by atoms with Gasteiger partial charge >= 0.3 is 365 Å². The Kier molecular flexibility index (Phi) is 10.2. The second-order valence-electron chi connectivity index (χ2n) is 19.5. The summed E-state index contributed by atoms with van der Waals surface area (Å²) in [4.78, 5) is 5.22. The Morgan fingerprint density at radius 3 is 1.08 bits per heavy atom. The normalized spacial score (nSPS) is 14.3. The van der Waals surface area contributed by atoms with Crippen LogP contribution < -0.4 is 18.6 Å². The van der Waals surface area contributed by atoms with Crippen LogP contribution in [0.25, 0.3) is 32.3 Å². The number of fused-ring (bicyclic) bond motifs is 7. The van der Waals surface area contributed by atoms with Crippen LogP contribution in [0, 0.1) is 0 Å². The molecule has 8 aromatic rings. The van der Waals surface area contributed by atoms with Crippen molar-refractivity contribution < 1.29 is 0 Å². The van der Waals surface area contributed by atoms with E-state index in [-0.39, 0.29) is 0 Å². The Morgan fingerprint density at radius 2 is 0.700 bits per heavy atom. The zero-order valence-electron chi connectivity index (χ0n) is 36.4. The Morgan fingerprint density at radius 1 is 0.333 bits per heavy atom. The first-order valence-corrected chi connectivity index (χ1v) is 37.1. The molecule has 0 radical (unpaired) electrons. The quantitative estimate of drug-likeness (QED) is 0.111. The Labute approximate surface area is 363 Å². The van der Waals surface area contributed by atoms with Gasteiger partial charge in [0.2, 0.25) is 0 Å². The van der Waals surface area contributed by atoms with Crippen molar-refractivity contribution in [3.63, 3.8) is 0 Å². The first-order valence-electron chi connectivity index (χ1n) is 22.4. The summed E-state index contributed by atoms with van der Waals surface area (Å²) in [5.74, 6) is 15.0. The van der Waals surface area contributed by atoms with Crippen molar-refractivity contribution in [3.8, 4) is 0 Å². The van der Waals surface area contributed by atoms with Gasteiger partial charge in [-0.2, -0.15) is 0 Å². The molecule has 0 aliphatic heterocycles. The molecule has 0 heterocycles. The topological polar surface area (TPSA) is 6.48 Å². The Balaban J connectivity index is 1.26. The summed E-state index contributed by atoms with van der Waals surface area (Å²) in [5.41, 5.74) is 13.6. The van der Waals surface area contributed by atoms with E-state index in [1.807, 2.05) is 0 Å². The molecule has 4 heteroatoms. The summed E-state index contributed by atoms with van der Waals surface area (Å²) in [6, 6.07) is 56.9. The number of nitrogens with zero attached hydrogens (tertiary/aromatic N) is 2. The third-order valence-electron chi connectivity index (χ3n) is 13.5. The van der Waals surface area contributed by atoms with Crippen LogP contribution >= 0.6 is 0 Å². The molecule has 0 aromatic heterocycles. The van der Waals surface area contributed by atoms with Crippen molar-refractivity contribution in [1.29, 1.82) is 0 Å². The molecule has 0 bridgehead atoms. The molecule has 8 aromatic carbocycles. The summed E-state index contributed by atoms with van der Waals surface area (Å²) in [7, 11) is 0. The molecular formula is C56H58Ge2N2. The minimum absolute atomic E-state index is 1.12. The fraction of sp³-hybridized carbons (Fsp3) is 0.250. The molecule has 2 aliphatic carbocycles. The molecule has 0 saturated carbocycles. The van der Waals surface area contributed by atoms with Crippen molar-refractivity contribution in [2.75, 3.05) is 9.80 Å². The SMILES string of the molecule is [CH3][Ge]([CH3])([CH3])[c]1ccc(N(c2cccc3c2CCCC3)c2cc3c4ccccc4c(N(c4cc[c]([Ge]([CH3])([CH3])[CH3])cc4)c4cccc5c4CCCC5)cc3c3ccccc23)cc1. The zero-order valence-corrected chi connectivity index (χ0v) is 40.6. The fourth-order valence-electron chi connectivity index (χ4n) is 10.3. The first kappa shape index (κ1) is 39.4. The molecule has 2 nitrogen and oxygen atoms in total. The standard InChI is InChI=1S/C56H58Ge2N2/c1-57(2,3)41-29-33-43(34-30-41)59(53-27-15-19-39-17-7-9-21-45(39)53)55-37-51-48-24-12-14-26-50(48)56(38-52(51)47-23-11-13-25-49(47)55)60(44-35-31-42(32-36-44)58(4,5)6)54-28-16-20-40-18-8-10-22-46(40)54/h11-16,19-20,23-38H,7-10,17-18,21-22H2,1-6H3. The molecule has 10 rings (SSSR count). The Hall–Kier alpha value is -4.77. The third kappa shape index (κ3) is 7.08. The van der Waals surface area contributed by atoms with E-state index in [9.17, 15) is 0 Å². The first-order chi connectivity index (χ1) is 29.0. The van der Waals surface area contributed by atoms with Gasteiger partial charge in [0.1, 0.15) is 0 Å². The van der Waals surface area contributed by atoms with Crippen LogP contribution in [-0.2, 0) is 25.7 Å². The van der Waals surface area contributed by atoms with Crippen LogP contribution in [0.15, 0.2) is 146 Å². The summed E-state index contributed by atoms with van der Waals surface area (Å²) in [6.07, 6.45) is 9.56. The van der Waals surface area contributed by atoms with Crippen molar-refractivity contribution in [3.05, 3.63) is 168 Å². The molecule has 300 valence electrons. The van der Waals surface area contributed by atoms with Gasteiger partial charge in [-0.1, -0.05) is 0 Å². The molecule has 0 fully saturated rings. The monoisotopic (exact) mass is 906 g/mol. The molecule has 0 atom stereocenters. The number of benzene rings is 8. The van der Waals surface area contributed by atoms with Gasteiger partial charge in [0.05, 0.1) is 0 Å². The van der Waals surface area contributed by atoms with Gasteiger partial charge in [0, 0.05) is 0 Å². The number of anilines is 6. The molecule has 60 heavy (non-hydrogen) atoms. The molecule has 0 saturated heterocycles. The second-order valence-corrected chi connectivity index (χ2v) is 40.8. The van der Waals surface area contributed by atoms with Crippen LogP contribution in [0.3, 0.4) is 0 Å². The van der Waals surface area contributed by atoms with Gasteiger partial charge in [0.25, 0.3) is 0 Å². The second kappa shape index (κ2) is 15.6. The van der Waals surface area contributed by atoms with Crippen molar-refractivity contribution in [1.82, 2.24) is 0 Å². The summed E-state index contributed by atoms with van der Waals surface area (Å²) in [5, 5.41) is 7.73. The maximum absolute atomic E-state index is 2.61. The summed E-state index contributed by atoms with van der Waals surface area (Å²) >= 11 is -4.07. The van der Waals surface area contributed by atoms with Crippen LogP contribution in [0.4, 0.5) is 34.1 Å². The number of hydrogen-bond acceptors (Lipinski definition) is 2. The average molecular weight is 904 g/mol. The van der Waals surface area contributed by atoms with E-state index in [0.717, 1.165) is 25.7 Å². The summed E-state index contributed by atoms with van der Waals surface area (Å²) < 4.78 is 3.08. The number of hydrogen-bond donors (Lipinski definition) is 0. The van der Waals surface area contributed by atoms with E-state index in [1.165, 1.54) is 123 Å². The number of aryl methyl sites for hydroxylation is 2. The molecule has 2 aliphatic rings. The van der Waals surface area contributed by atoms with E-state index in [4.69, 9.17) is 0 Å². The van der Waals surface area contributed by atoms with Gasteiger partial charge in [-0.3, -0.25) is 0 Å². The average Bonchev–Trinajstić information content (AvgIpc) is 3.27. The van der Waals surface area contributed by atoms with E-state index < -0.39 is 26.5 Å². The predicted octanol–water partition coefficient (Wildman–Crippen LogP) is 14.9. The predicted molar refractivity (Wildman–Crippen MR) is 268 cm³/mol. The third-order valence-corrected chi connectivity index (χ3v) is 22.2. The van der Waals surface area contributed by atoms with Crippen molar-refractivity contribution in [2.24, 2.45) is 0 Å². The van der Waals surface area contributed by atoms with Gasteiger partial charge in [-0.25, -0.2) is 0 Å². The molecule has 0 N–H and O–H groups in total. The molecule has 0 spiro atoms. The molecule has 0 unspecified atom stereocenters. The van der Waals surface area contributed by atoms with E-state index >= 15 is 0 Å². The van der Waals surface area contributed by atoms with Gasteiger partial charge in [0.15, 0.2) is 0 Å². The van der Waals surface area contributed by atoms with Crippen molar-refractivity contribution in [2.45, 2.75) is 85.9 Å².